The molecule has 1 N–H and O–H groups in total. The summed E-state index contributed by atoms with van der Waals surface area (Å²) in [4.78, 5) is 20.4. The second-order valence-electron chi connectivity index (χ2n) is 9.68. The number of aromatic nitrogens is 1. The van der Waals surface area contributed by atoms with Gasteiger partial charge >= 0.3 is 6.09 Å². The lowest BCUT2D eigenvalue weighted by molar-refractivity contribution is -0.00450. The molecule has 2 fully saturated rings. The van der Waals surface area contributed by atoms with Gasteiger partial charge < -0.3 is 9.72 Å². The molecule has 2 unspecified atom stereocenters. The van der Waals surface area contributed by atoms with E-state index in [9.17, 15) is 4.79 Å². The number of nitriles is 1. The number of aromatic amines is 1. The highest BCUT2D eigenvalue weighted by atomic mass is 16.6. The standard InChI is InChI=1S/C24H32N4O2/c1-24(2,3)30-23(29)28-19-8-9-20(28)16-27(15-19)11-5-4-6-18-14-26-22-10-7-17(13-25)12-21(18)22/h7,10,12,14,19-20,26H,4-6,8-9,11,15-16H2,1-3H3. The number of ether oxygens (including phenoxy) is 1. The maximum absolute atomic E-state index is 12.6. The predicted octanol–water partition coefficient (Wildman–Crippen LogP) is 4.45. The van der Waals surface area contributed by atoms with Crippen LogP contribution in [0.15, 0.2) is 24.4 Å². The van der Waals surface area contributed by atoms with Crippen molar-refractivity contribution in [1.82, 2.24) is 14.8 Å². The molecule has 3 heterocycles. The second-order valence-corrected chi connectivity index (χ2v) is 9.68. The van der Waals surface area contributed by atoms with Crippen LogP contribution < -0.4 is 0 Å². The number of fused-ring (bicyclic) bond motifs is 3. The van der Waals surface area contributed by atoms with Crippen LogP contribution in [0.5, 0.6) is 0 Å². The number of aryl methyl sites for hydroxylation is 1. The van der Waals surface area contributed by atoms with Crippen LogP contribution in [0.1, 0.15) is 57.6 Å². The van der Waals surface area contributed by atoms with Crippen LogP contribution in [0.2, 0.25) is 0 Å². The van der Waals surface area contributed by atoms with E-state index in [1.54, 1.807) is 0 Å². The number of rotatable bonds is 5. The second kappa shape index (κ2) is 8.31. The Bertz CT molecular complexity index is 938. The van der Waals surface area contributed by atoms with Gasteiger partial charge in [0.2, 0.25) is 0 Å². The summed E-state index contributed by atoms with van der Waals surface area (Å²) in [6, 6.07) is 8.62. The van der Waals surface area contributed by atoms with Gasteiger partial charge in [-0.3, -0.25) is 9.80 Å². The molecular formula is C24H32N4O2. The van der Waals surface area contributed by atoms with Crippen LogP contribution in [0.4, 0.5) is 4.79 Å². The Morgan fingerprint density at radius 2 is 1.97 bits per heavy atom. The quantitative estimate of drug-likeness (QED) is 0.742. The monoisotopic (exact) mass is 408 g/mol. The van der Waals surface area contributed by atoms with E-state index in [1.165, 1.54) is 5.56 Å². The van der Waals surface area contributed by atoms with Gasteiger partial charge in [-0.25, -0.2) is 4.79 Å². The Morgan fingerprint density at radius 1 is 1.23 bits per heavy atom. The minimum atomic E-state index is -0.440. The van der Waals surface area contributed by atoms with Gasteiger partial charge in [-0.05, 0) is 83.2 Å². The van der Waals surface area contributed by atoms with Crippen molar-refractivity contribution in [2.24, 2.45) is 0 Å². The van der Waals surface area contributed by atoms with Gasteiger partial charge in [-0.2, -0.15) is 5.26 Å². The third-order valence-electron chi connectivity index (χ3n) is 6.23. The van der Waals surface area contributed by atoms with E-state index in [2.05, 4.69) is 22.1 Å². The molecule has 160 valence electrons. The largest absolute Gasteiger partial charge is 0.444 e. The Hall–Kier alpha value is -2.52. The van der Waals surface area contributed by atoms with E-state index >= 15 is 0 Å². The molecule has 2 atom stereocenters. The van der Waals surface area contributed by atoms with E-state index in [4.69, 9.17) is 10.00 Å². The summed E-state index contributed by atoms with van der Waals surface area (Å²) in [6.45, 7) is 8.76. The zero-order valence-electron chi connectivity index (χ0n) is 18.3. The van der Waals surface area contributed by atoms with Gasteiger partial charge in [0.25, 0.3) is 0 Å². The normalized spacial score (nSPS) is 21.7. The number of nitrogens with one attached hydrogen (secondary N) is 1. The van der Waals surface area contributed by atoms with Gasteiger partial charge in [0.15, 0.2) is 0 Å². The number of piperazine rings is 1. The molecule has 1 amide bonds. The molecule has 0 saturated carbocycles. The minimum Gasteiger partial charge on any atom is -0.444 e. The van der Waals surface area contributed by atoms with E-state index < -0.39 is 5.60 Å². The third kappa shape index (κ3) is 4.46. The third-order valence-corrected chi connectivity index (χ3v) is 6.23. The van der Waals surface area contributed by atoms with Crippen molar-refractivity contribution < 1.29 is 9.53 Å². The summed E-state index contributed by atoms with van der Waals surface area (Å²) in [5, 5.41) is 10.3. The first-order valence-corrected chi connectivity index (χ1v) is 11.1. The number of hydrogen-bond acceptors (Lipinski definition) is 4. The maximum Gasteiger partial charge on any atom is 0.410 e. The molecule has 2 aliphatic heterocycles. The zero-order valence-corrected chi connectivity index (χ0v) is 18.3. The van der Waals surface area contributed by atoms with E-state index in [-0.39, 0.29) is 18.2 Å². The molecule has 4 rings (SSSR count). The first-order chi connectivity index (χ1) is 14.3. The fourth-order valence-corrected chi connectivity index (χ4v) is 4.89. The average Bonchev–Trinajstić information content (AvgIpc) is 3.21. The zero-order chi connectivity index (χ0) is 21.3. The number of H-pyrrole nitrogens is 1. The highest BCUT2D eigenvalue weighted by molar-refractivity contribution is 5.84. The summed E-state index contributed by atoms with van der Waals surface area (Å²) in [7, 11) is 0. The SMILES string of the molecule is CC(C)(C)OC(=O)N1C2CCC1CN(CCCCc1c[nH]c3ccc(C#N)cc13)C2. The first-order valence-electron chi connectivity index (χ1n) is 11.1. The lowest BCUT2D eigenvalue weighted by Gasteiger charge is -2.41. The fourth-order valence-electron chi connectivity index (χ4n) is 4.89. The van der Waals surface area contributed by atoms with Crippen LogP contribution >= 0.6 is 0 Å². The molecule has 6 heteroatoms. The Labute approximate surface area is 178 Å². The van der Waals surface area contributed by atoms with E-state index in [0.29, 0.717) is 5.56 Å². The molecule has 6 nitrogen and oxygen atoms in total. The molecule has 1 aromatic carbocycles. The lowest BCUT2D eigenvalue weighted by atomic mass is 10.0. The maximum atomic E-state index is 12.6. The average molecular weight is 409 g/mol. The highest BCUT2D eigenvalue weighted by Crippen LogP contribution is 2.32. The van der Waals surface area contributed by atoms with Crippen LogP contribution in [-0.2, 0) is 11.2 Å². The number of likely N-dealkylation sites (tertiary alicyclic amines) is 1. The summed E-state index contributed by atoms with van der Waals surface area (Å²) >= 11 is 0. The smallest absolute Gasteiger partial charge is 0.410 e. The van der Waals surface area contributed by atoms with E-state index in [0.717, 1.165) is 62.6 Å². The Morgan fingerprint density at radius 3 is 2.63 bits per heavy atom. The first kappa shape index (κ1) is 20.7. The van der Waals surface area contributed by atoms with Crippen molar-refractivity contribution in [2.45, 2.75) is 70.6 Å². The lowest BCUT2D eigenvalue weighted by Crippen LogP contribution is -2.56. The number of benzene rings is 1. The molecule has 2 saturated heterocycles. The van der Waals surface area contributed by atoms with Gasteiger partial charge in [0, 0.05) is 42.3 Å². The Balaban J connectivity index is 1.27. The van der Waals surface area contributed by atoms with Crippen molar-refractivity contribution >= 4 is 17.0 Å². The summed E-state index contributed by atoms with van der Waals surface area (Å²) in [6.07, 6.45) is 7.35. The van der Waals surface area contributed by atoms with Crippen LogP contribution in [0, 0.1) is 11.3 Å². The fraction of sp³-hybridized carbons (Fsp3) is 0.583. The number of carbonyl (C=O) groups is 1. The molecule has 0 radical (unpaired) electrons. The number of nitrogens with zero attached hydrogens (tertiary/aromatic N) is 3. The van der Waals surface area contributed by atoms with Gasteiger partial charge in [0.05, 0.1) is 11.6 Å². The van der Waals surface area contributed by atoms with E-state index in [1.807, 2.05) is 43.9 Å². The number of hydrogen-bond donors (Lipinski definition) is 1. The molecule has 0 aliphatic carbocycles. The van der Waals surface area contributed by atoms with Crippen molar-refractivity contribution in [1.29, 1.82) is 5.26 Å². The highest BCUT2D eigenvalue weighted by Gasteiger charge is 2.43. The van der Waals surface area contributed by atoms with Gasteiger partial charge in [-0.15, -0.1) is 0 Å². The summed E-state index contributed by atoms with van der Waals surface area (Å²) < 4.78 is 5.63. The van der Waals surface area contributed by atoms with Crippen LogP contribution in [0.25, 0.3) is 10.9 Å². The molecule has 30 heavy (non-hydrogen) atoms. The molecule has 2 bridgehead atoms. The predicted molar refractivity (Wildman–Crippen MR) is 117 cm³/mol. The van der Waals surface area contributed by atoms with Crippen LogP contribution in [0.3, 0.4) is 0 Å². The summed E-state index contributed by atoms with van der Waals surface area (Å²) in [5.41, 5.74) is 2.65. The molecule has 2 aliphatic rings. The molecule has 0 spiro atoms. The van der Waals surface area contributed by atoms with Crippen molar-refractivity contribution in [3.63, 3.8) is 0 Å². The van der Waals surface area contributed by atoms with Crippen molar-refractivity contribution in [2.75, 3.05) is 19.6 Å². The Kier molecular flexibility index (Phi) is 5.75. The summed E-state index contributed by atoms with van der Waals surface area (Å²) in [5.74, 6) is 0. The topological polar surface area (TPSA) is 72.4 Å². The number of carbonyl (C=O) groups excluding carboxylic acids is 1. The van der Waals surface area contributed by atoms with Gasteiger partial charge in [-0.1, -0.05) is 0 Å². The number of unbranched alkanes of at least 4 members (excludes halogenated alkanes) is 1. The minimum absolute atomic E-state index is 0.147. The van der Waals surface area contributed by atoms with Crippen molar-refractivity contribution in [3.05, 3.63) is 35.5 Å². The molecular weight excluding hydrogens is 376 g/mol. The number of amides is 1. The molecule has 1 aromatic heterocycles. The van der Waals surface area contributed by atoms with Crippen LogP contribution in [-0.4, -0.2) is 58.2 Å². The van der Waals surface area contributed by atoms with Crippen molar-refractivity contribution in [3.8, 4) is 6.07 Å². The van der Waals surface area contributed by atoms with Gasteiger partial charge in [0.1, 0.15) is 5.60 Å². The molecule has 2 aromatic rings.